The summed E-state index contributed by atoms with van der Waals surface area (Å²) in [5, 5.41) is 21.5. The average molecular weight is 466 g/mol. The number of fused-ring (bicyclic) bond motifs is 3. The monoisotopic (exact) mass is 466 g/mol. The van der Waals surface area contributed by atoms with Crippen molar-refractivity contribution >= 4 is 18.0 Å². The van der Waals surface area contributed by atoms with Crippen LogP contribution in [0.1, 0.15) is 23.5 Å². The quantitative estimate of drug-likeness (QED) is 0.590. The van der Waals surface area contributed by atoms with Crippen molar-refractivity contribution in [3.05, 3.63) is 59.7 Å². The van der Waals surface area contributed by atoms with E-state index in [9.17, 15) is 19.5 Å². The van der Waals surface area contributed by atoms with E-state index in [0.717, 1.165) is 22.3 Å². The molecule has 2 saturated heterocycles. The van der Waals surface area contributed by atoms with Crippen LogP contribution in [0.4, 0.5) is 4.79 Å². The highest BCUT2D eigenvalue weighted by atomic mass is 16.5. The number of carbonyl (C=O) groups is 3. The Morgan fingerprint density at radius 3 is 2.29 bits per heavy atom. The first kappa shape index (κ1) is 22.4. The van der Waals surface area contributed by atoms with Gasteiger partial charge in [0.2, 0.25) is 5.91 Å². The molecule has 3 N–H and O–H groups in total. The molecular formula is C25H26N2O7. The van der Waals surface area contributed by atoms with Gasteiger partial charge in [-0.3, -0.25) is 4.79 Å². The molecule has 2 atom stereocenters. The first-order valence-corrected chi connectivity index (χ1v) is 11.3. The molecule has 5 rings (SSSR count). The maximum absolute atomic E-state index is 12.5. The van der Waals surface area contributed by atoms with E-state index in [0.29, 0.717) is 6.42 Å². The van der Waals surface area contributed by atoms with Crippen molar-refractivity contribution < 1.29 is 34.1 Å². The number of aliphatic carboxylic acids is 1. The molecule has 1 aliphatic carbocycles. The van der Waals surface area contributed by atoms with Crippen LogP contribution < -0.4 is 5.32 Å². The Balaban J connectivity index is 1.09. The Bertz CT molecular complexity index is 1080. The number of amides is 2. The van der Waals surface area contributed by atoms with Crippen molar-refractivity contribution in [3.63, 3.8) is 0 Å². The Morgan fingerprint density at radius 2 is 1.68 bits per heavy atom. The number of carboxylic acid groups (broad SMARTS) is 1. The number of nitrogens with zero attached hydrogens (tertiary/aromatic N) is 1. The lowest BCUT2D eigenvalue weighted by molar-refractivity contribution is -0.183. The smallest absolute Gasteiger partial charge is 0.407 e. The van der Waals surface area contributed by atoms with Gasteiger partial charge in [0.15, 0.2) is 5.60 Å². The maximum Gasteiger partial charge on any atom is 0.407 e. The van der Waals surface area contributed by atoms with Gasteiger partial charge >= 0.3 is 12.1 Å². The maximum atomic E-state index is 12.5. The summed E-state index contributed by atoms with van der Waals surface area (Å²) in [6.45, 7) is 0.173. The summed E-state index contributed by atoms with van der Waals surface area (Å²) in [4.78, 5) is 37.2. The Kier molecular flexibility index (Phi) is 5.75. The number of carbonyl (C=O) groups excluding carboxylic acids is 2. The molecule has 9 heteroatoms. The molecule has 2 unspecified atom stereocenters. The van der Waals surface area contributed by atoms with Gasteiger partial charge in [-0.15, -0.1) is 0 Å². The molecule has 2 fully saturated rings. The fraction of sp³-hybridized carbons (Fsp3) is 0.400. The normalized spacial score (nSPS) is 22.4. The van der Waals surface area contributed by atoms with E-state index in [1.54, 1.807) is 0 Å². The van der Waals surface area contributed by atoms with Crippen LogP contribution >= 0.6 is 0 Å². The van der Waals surface area contributed by atoms with Gasteiger partial charge in [0.1, 0.15) is 6.61 Å². The summed E-state index contributed by atoms with van der Waals surface area (Å²) in [7, 11) is 0. The number of ether oxygens (including phenoxy) is 2. The van der Waals surface area contributed by atoms with Crippen LogP contribution in [0.25, 0.3) is 11.1 Å². The Hall–Kier alpha value is -3.43. The summed E-state index contributed by atoms with van der Waals surface area (Å²) >= 11 is 0. The molecule has 34 heavy (non-hydrogen) atoms. The van der Waals surface area contributed by atoms with Crippen LogP contribution in [0.5, 0.6) is 0 Å². The topological polar surface area (TPSA) is 125 Å². The van der Waals surface area contributed by atoms with E-state index in [1.165, 1.54) is 4.90 Å². The van der Waals surface area contributed by atoms with Gasteiger partial charge in [0.05, 0.1) is 31.7 Å². The van der Waals surface area contributed by atoms with Crippen molar-refractivity contribution in [2.45, 2.75) is 24.0 Å². The minimum Gasteiger partial charge on any atom is -0.479 e. The fourth-order valence-corrected chi connectivity index (χ4v) is 5.00. The van der Waals surface area contributed by atoms with Crippen molar-refractivity contribution in [2.24, 2.45) is 5.92 Å². The Labute approximate surface area is 196 Å². The highest BCUT2D eigenvalue weighted by Crippen LogP contribution is 2.44. The van der Waals surface area contributed by atoms with Gasteiger partial charge < -0.3 is 29.9 Å². The molecule has 0 bridgehead atoms. The highest BCUT2D eigenvalue weighted by Gasteiger charge is 2.51. The predicted octanol–water partition coefficient (Wildman–Crippen LogP) is 1.59. The standard InChI is InChI=1S/C25H26N2O7/c28-22(27-13-25(32,14-27)23(29)30)15-9-16(33-11-15)10-26-24(31)34-12-21-19-7-3-1-5-17(19)18-6-2-4-8-20(18)21/h1-8,15-16,21,32H,9-14H2,(H,26,31)(H,29,30). The third-order valence-electron chi connectivity index (χ3n) is 6.86. The molecule has 2 amide bonds. The third kappa shape index (κ3) is 4.01. The summed E-state index contributed by atoms with van der Waals surface area (Å²) in [5.74, 6) is -2.02. The number of hydrogen-bond donors (Lipinski definition) is 3. The van der Waals surface area contributed by atoms with E-state index < -0.39 is 23.6 Å². The molecule has 9 nitrogen and oxygen atoms in total. The van der Waals surface area contributed by atoms with Crippen LogP contribution in [0.15, 0.2) is 48.5 Å². The van der Waals surface area contributed by atoms with Crippen LogP contribution in [0.2, 0.25) is 0 Å². The number of rotatable bonds is 6. The number of likely N-dealkylation sites (tertiary alicyclic amines) is 1. The predicted molar refractivity (Wildman–Crippen MR) is 120 cm³/mol. The first-order chi connectivity index (χ1) is 16.4. The van der Waals surface area contributed by atoms with Crippen molar-refractivity contribution in [2.75, 3.05) is 32.8 Å². The molecule has 0 aromatic heterocycles. The molecule has 0 radical (unpaired) electrons. The number of hydrogen-bond acceptors (Lipinski definition) is 6. The molecule has 0 saturated carbocycles. The molecule has 2 aliphatic heterocycles. The minimum atomic E-state index is -1.86. The van der Waals surface area contributed by atoms with Gasteiger partial charge in [-0.2, -0.15) is 0 Å². The van der Waals surface area contributed by atoms with Crippen molar-refractivity contribution in [1.29, 1.82) is 0 Å². The van der Waals surface area contributed by atoms with E-state index >= 15 is 0 Å². The second kappa shape index (κ2) is 8.73. The number of benzene rings is 2. The van der Waals surface area contributed by atoms with Gasteiger partial charge in [-0.1, -0.05) is 48.5 Å². The van der Waals surface area contributed by atoms with Gasteiger partial charge in [0.25, 0.3) is 0 Å². The minimum absolute atomic E-state index is 0.0242. The number of carboxylic acids is 1. The second-order valence-corrected chi connectivity index (χ2v) is 9.13. The van der Waals surface area contributed by atoms with Crippen molar-refractivity contribution in [1.82, 2.24) is 10.2 Å². The second-order valence-electron chi connectivity index (χ2n) is 9.13. The van der Waals surface area contributed by atoms with Crippen LogP contribution in [0.3, 0.4) is 0 Å². The summed E-state index contributed by atoms with van der Waals surface area (Å²) in [6.07, 6.45) is -0.478. The lowest BCUT2D eigenvalue weighted by atomic mass is 9.92. The molecule has 178 valence electrons. The zero-order valence-corrected chi connectivity index (χ0v) is 18.5. The lowest BCUT2D eigenvalue weighted by Gasteiger charge is -2.44. The van der Waals surface area contributed by atoms with Gasteiger partial charge in [-0.05, 0) is 28.7 Å². The van der Waals surface area contributed by atoms with Crippen molar-refractivity contribution in [3.8, 4) is 11.1 Å². The zero-order valence-electron chi connectivity index (χ0n) is 18.5. The fourth-order valence-electron chi connectivity index (χ4n) is 5.00. The van der Waals surface area contributed by atoms with Gasteiger partial charge in [0, 0.05) is 12.5 Å². The molecule has 0 spiro atoms. The molecule has 3 aliphatic rings. The summed E-state index contributed by atoms with van der Waals surface area (Å²) in [5.41, 5.74) is 2.73. The number of aliphatic hydroxyl groups is 1. The first-order valence-electron chi connectivity index (χ1n) is 11.3. The van der Waals surface area contributed by atoms with E-state index in [1.807, 2.05) is 24.3 Å². The van der Waals surface area contributed by atoms with E-state index in [2.05, 4.69) is 29.6 Å². The largest absolute Gasteiger partial charge is 0.479 e. The zero-order chi connectivity index (χ0) is 23.9. The highest BCUT2D eigenvalue weighted by molar-refractivity contribution is 5.86. The van der Waals surface area contributed by atoms with E-state index in [4.69, 9.17) is 14.6 Å². The van der Waals surface area contributed by atoms with Gasteiger partial charge in [-0.25, -0.2) is 9.59 Å². The summed E-state index contributed by atoms with van der Waals surface area (Å²) in [6, 6.07) is 16.2. The Morgan fingerprint density at radius 1 is 1.06 bits per heavy atom. The third-order valence-corrected chi connectivity index (χ3v) is 6.86. The molecular weight excluding hydrogens is 440 g/mol. The number of nitrogens with one attached hydrogen (secondary N) is 1. The number of β-amino-alcohol motifs (C(OH)–C–C–N with tert-alkyl or cyclic N) is 1. The summed E-state index contributed by atoms with van der Waals surface area (Å²) < 4.78 is 11.1. The molecule has 2 heterocycles. The van der Waals surface area contributed by atoms with Crippen LogP contribution in [-0.4, -0.2) is 77.6 Å². The molecule has 2 aromatic rings. The number of alkyl carbamates (subject to hydrolysis) is 1. The van der Waals surface area contributed by atoms with Crippen LogP contribution in [-0.2, 0) is 19.1 Å². The lowest BCUT2D eigenvalue weighted by Crippen LogP contribution is -2.68. The SMILES string of the molecule is O=C(NCC1CC(C(=O)N2CC(O)(C(=O)O)C2)CO1)OCC1c2ccccc2-c2ccccc21. The molecule has 2 aromatic carbocycles. The van der Waals surface area contributed by atoms with Crippen LogP contribution in [0, 0.1) is 5.92 Å². The van der Waals surface area contributed by atoms with E-state index in [-0.39, 0.29) is 50.8 Å². The average Bonchev–Trinajstić information content (AvgIpc) is 3.42.